The Labute approximate surface area is 90.5 Å². The Balaban J connectivity index is 2.12. The Bertz CT molecular complexity index is 525. The Kier molecular flexibility index (Phi) is 2.61. The van der Waals surface area contributed by atoms with Crippen LogP contribution in [0.5, 0.6) is 0 Å². The smallest absolute Gasteiger partial charge is 0.275 e. The minimum atomic E-state index is -0.404. The first-order chi connectivity index (χ1) is 7.79. The lowest BCUT2D eigenvalue weighted by Crippen LogP contribution is -2.13. The Morgan fingerprint density at radius 3 is 2.88 bits per heavy atom. The molecule has 0 aliphatic heterocycles. The number of hydrogen-bond acceptors (Lipinski definition) is 5. The minimum absolute atomic E-state index is 0.210. The largest absolute Gasteiger partial charge is 0.363 e. The number of anilines is 1. The summed E-state index contributed by atoms with van der Waals surface area (Å²) in [6, 6.07) is 6.42. The van der Waals surface area contributed by atoms with Gasteiger partial charge in [-0.2, -0.15) is 5.26 Å². The first-order valence-corrected chi connectivity index (χ1v) is 4.37. The van der Waals surface area contributed by atoms with Crippen LogP contribution in [0.25, 0.3) is 0 Å². The molecule has 2 heterocycles. The molecule has 2 aromatic heterocycles. The van der Waals surface area contributed by atoms with Crippen LogP contribution in [-0.2, 0) is 0 Å². The van der Waals surface area contributed by atoms with Gasteiger partial charge in [0.05, 0.1) is 5.56 Å². The van der Waals surface area contributed by atoms with Crippen LogP contribution >= 0.6 is 0 Å². The highest BCUT2D eigenvalue weighted by Crippen LogP contribution is 2.05. The predicted octanol–water partition coefficient (Wildman–Crippen LogP) is 1.19. The van der Waals surface area contributed by atoms with Gasteiger partial charge in [0.15, 0.2) is 5.82 Å². The second kappa shape index (κ2) is 4.23. The number of aromatic nitrogens is 2. The summed E-state index contributed by atoms with van der Waals surface area (Å²) < 4.78 is 4.56. The highest BCUT2D eigenvalue weighted by Gasteiger charge is 2.08. The Morgan fingerprint density at radius 2 is 2.31 bits per heavy atom. The zero-order valence-electron chi connectivity index (χ0n) is 8.04. The summed E-state index contributed by atoms with van der Waals surface area (Å²) in [7, 11) is 0. The highest BCUT2D eigenvalue weighted by atomic mass is 16.5. The lowest BCUT2D eigenvalue weighted by molar-refractivity contribution is 0.102. The molecule has 6 heteroatoms. The maximum atomic E-state index is 11.6. The van der Waals surface area contributed by atoms with Gasteiger partial charge in [-0.15, -0.1) is 0 Å². The molecule has 0 aliphatic rings. The summed E-state index contributed by atoms with van der Waals surface area (Å²) in [6.07, 6.45) is 2.68. The third-order valence-electron chi connectivity index (χ3n) is 1.80. The molecule has 6 nitrogen and oxygen atoms in total. The van der Waals surface area contributed by atoms with Gasteiger partial charge in [0, 0.05) is 12.3 Å². The molecule has 1 N–H and O–H groups in total. The zero-order chi connectivity index (χ0) is 11.4. The molecule has 0 fully saturated rings. The van der Waals surface area contributed by atoms with Gasteiger partial charge in [-0.25, -0.2) is 4.98 Å². The van der Waals surface area contributed by atoms with Crippen molar-refractivity contribution in [2.24, 2.45) is 0 Å². The van der Waals surface area contributed by atoms with Crippen molar-refractivity contribution >= 4 is 11.7 Å². The van der Waals surface area contributed by atoms with Crippen molar-refractivity contribution in [2.45, 2.75) is 0 Å². The van der Waals surface area contributed by atoms with E-state index in [1.165, 1.54) is 30.7 Å². The van der Waals surface area contributed by atoms with E-state index in [0.717, 1.165) is 0 Å². The lowest BCUT2D eigenvalue weighted by Gasteiger charge is -1.99. The van der Waals surface area contributed by atoms with Crippen LogP contribution in [0, 0.1) is 11.3 Å². The van der Waals surface area contributed by atoms with Crippen molar-refractivity contribution in [1.29, 1.82) is 5.26 Å². The number of amides is 1. The van der Waals surface area contributed by atoms with Crippen LogP contribution < -0.4 is 5.32 Å². The van der Waals surface area contributed by atoms with Gasteiger partial charge in [0.2, 0.25) is 0 Å². The second-order valence-corrected chi connectivity index (χ2v) is 2.88. The fraction of sp³-hybridized carbons (Fsp3) is 0. The summed E-state index contributed by atoms with van der Waals surface area (Å²) in [5, 5.41) is 14.6. The van der Waals surface area contributed by atoms with E-state index in [1.54, 1.807) is 0 Å². The maximum Gasteiger partial charge on any atom is 0.275 e. The van der Waals surface area contributed by atoms with E-state index in [1.807, 2.05) is 6.07 Å². The van der Waals surface area contributed by atoms with Crippen LogP contribution in [0.4, 0.5) is 5.82 Å². The van der Waals surface area contributed by atoms with Crippen LogP contribution in [-0.4, -0.2) is 16.0 Å². The number of carbonyl (C=O) groups is 1. The summed E-state index contributed by atoms with van der Waals surface area (Å²) in [5.74, 6) is -0.0884. The van der Waals surface area contributed by atoms with E-state index in [-0.39, 0.29) is 5.69 Å². The molecule has 0 bridgehead atoms. The third-order valence-corrected chi connectivity index (χ3v) is 1.80. The van der Waals surface area contributed by atoms with Crippen molar-refractivity contribution in [3.63, 3.8) is 0 Å². The monoisotopic (exact) mass is 214 g/mol. The first-order valence-electron chi connectivity index (χ1n) is 4.37. The minimum Gasteiger partial charge on any atom is -0.363 e. The number of carbonyl (C=O) groups excluding carboxylic acids is 1. The molecule has 2 rings (SSSR count). The zero-order valence-corrected chi connectivity index (χ0v) is 8.04. The number of rotatable bonds is 2. The molecule has 78 valence electrons. The highest BCUT2D eigenvalue weighted by molar-refractivity contribution is 6.02. The molecule has 0 unspecified atom stereocenters. The lowest BCUT2D eigenvalue weighted by atomic mass is 10.2. The first kappa shape index (κ1) is 9.86. The van der Waals surface area contributed by atoms with Gasteiger partial charge in [-0.05, 0) is 12.1 Å². The van der Waals surface area contributed by atoms with Gasteiger partial charge in [0.25, 0.3) is 5.91 Å². The molecule has 16 heavy (non-hydrogen) atoms. The van der Waals surface area contributed by atoms with Crippen molar-refractivity contribution in [3.05, 3.63) is 41.9 Å². The molecule has 2 aromatic rings. The van der Waals surface area contributed by atoms with Gasteiger partial charge in [-0.3, -0.25) is 4.79 Å². The summed E-state index contributed by atoms with van der Waals surface area (Å²) in [6.45, 7) is 0. The Hall–Kier alpha value is -2.68. The predicted molar refractivity (Wildman–Crippen MR) is 53.4 cm³/mol. The maximum absolute atomic E-state index is 11.6. The van der Waals surface area contributed by atoms with Gasteiger partial charge in [-0.1, -0.05) is 5.16 Å². The summed E-state index contributed by atoms with van der Waals surface area (Å²) in [5.41, 5.74) is 0.611. The average Bonchev–Trinajstić information content (AvgIpc) is 2.82. The van der Waals surface area contributed by atoms with Crippen LogP contribution in [0.1, 0.15) is 16.1 Å². The van der Waals surface area contributed by atoms with Crippen molar-refractivity contribution in [2.75, 3.05) is 5.32 Å². The molecule has 0 aromatic carbocycles. The third kappa shape index (κ3) is 2.04. The topological polar surface area (TPSA) is 91.8 Å². The fourth-order valence-corrected chi connectivity index (χ4v) is 1.05. The Morgan fingerprint density at radius 1 is 1.44 bits per heavy atom. The van der Waals surface area contributed by atoms with E-state index in [0.29, 0.717) is 11.4 Å². The number of nitrogens with one attached hydrogen (secondary N) is 1. The van der Waals surface area contributed by atoms with Crippen LogP contribution in [0.3, 0.4) is 0 Å². The van der Waals surface area contributed by atoms with Gasteiger partial charge < -0.3 is 9.84 Å². The molecule has 0 atom stereocenters. The molecular formula is C10H6N4O2. The van der Waals surface area contributed by atoms with Crippen LogP contribution in [0.15, 0.2) is 35.2 Å². The van der Waals surface area contributed by atoms with Crippen molar-refractivity contribution < 1.29 is 9.32 Å². The van der Waals surface area contributed by atoms with E-state index >= 15 is 0 Å². The average molecular weight is 214 g/mol. The second-order valence-electron chi connectivity index (χ2n) is 2.88. The molecule has 1 amide bonds. The van der Waals surface area contributed by atoms with E-state index in [9.17, 15) is 4.79 Å². The quantitative estimate of drug-likeness (QED) is 0.810. The molecule has 0 radical (unpaired) electrons. The van der Waals surface area contributed by atoms with Crippen LogP contribution in [0.2, 0.25) is 0 Å². The van der Waals surface area contributed by atoms with E-state index in [2.05, 4.69) is 20.0 Å². The summed E-state index contributed by atoms with van der Waals surface area (Å²) >= 11 is 0. The molecule has 0 spiro atoms. The van der Waals surface area contributed by atoms with E-state index < -0.39 is 5.91 Å². The molecule has 0 saturated carbocycles. The fourth-order valence-electron chi connectivity index (χ4n) is 1.05. The van der Waals surface area contributed by atoms with Crippen molar-refractivity contribution in [3.8, 4) is 6.07 Å². The van der Waals surface area contributed by atoms with E-state index in [4.69, 9.17) is 5.26 Å². The van der Waals surface area contributed by atoms with Gasteiger partial charge >= 0.3 is 0 Å². The normalized spacial score (nSPS) is 9.44. The number of nitrogens with zero attached hydrogens (tertiary/aromatic N) is 3. The number of hydrogen-bond donors (Lipinski definition) is 1. The van der Waals surface area contributed by atoms with Gasteiger partial charge in [0.1, 0.15) is 18.0 Å². The molecule has 0 saturated heterocycles. The molecular weight excluding hydrogens is 208 g/mol. The number of pyridine rings is 1. The molecule has 0 aliphatic carbocycles. The standard InChI is InChI=1S/C10H6N4O2/c11-5-7-1-2-8(12-6-7)10(15)13-9-3-4-16-14-9/h1-4,6H,(H,13,14,15). The number of nitriles is 1. The van der Waals surface area contributed by atoms with Crippen molar-refractivity contribution in [1.82, 2.24) is 10.1 Å². The SMILES string of the molecule is N#Cc1ccc(C(=O)Nc2ccon2)nc1. The summed E-state index contributed by atoms with van der Waals surface area (Å²) in [4.78, 5) is 15.4.